The topological polar surface area (TPSA) is 50.1 Å². The standard InChI is InChI=1S/C19H15F2NO2/c1-12(2)24-19(23)17(11-22)18(13-5-3-7-15(20)9-13)14-6-4-8-16(21)10-14/h3-10,12H,1-2H3. The summed E-state index contributed by atoms with van der Waals surface area (Å²) in [5.41, 5.74) is 0.401. The Morgan fingerprint density at radius 3 is 1.92 bits per heavy atom. The van der Waals surface area contributed by atoms with Crippen LogP contribution >= 0.6 is 0 Å². The van der Waals surface area contributed by atoms with Crippen LogP contribution in [0, 0.1) is 23.0 Å². The highest BCUT2D eigenvalue weighted by Crippen LogP contribution is 2.28. The molecule has 24 heavy (non-hydrogen) atoms. The molecule has 5 heteroatoms. The third-order valence-corrected chi connectivity index (χ3v) is 3.14. The van der Waals surface area contributed by atoms with Crippen molar-refractivity contribution in [3.8, 4) is 6.07 Å². The second kappa shape index (κ2) is 7.51. The van der Waals surface area contributed by atoms with Gasteiger partial charge < -0.3 is 4.74 Å². The Bertz CT molecular complexity index is 788. The van der Waals surface area contributed by atoms with E-state index in [1.165, 1.54) is 36.4 Å². The van der Waals surface area contributed by atoms with Crippen LogP contribution in [0.15, 0.2) is 54.1 Å². The lowest BCUT2D eigenvalue weighted by Gasteiger charge is -2.13. The summed E-state index contributed by atoms with van der Waals surface area (Å²) in [7, 11) is 0. The maximum atomic E-state index is 13.6. The zero-order valence-electron chi connectivity index (χ0n) is 13.2. The minimum Gasteiger partial charge on any atom is -0.459 e. The normalized spacial score (nSPS) is 10.2. The highest BCUT2D eigenvalue weighted by Gasteiger charge is 2.21. The van der Waals surface area contributed by atoms with Gasteiger partial charge in [-0.05, 0) is 49.2 Å². The molecule has 0 aliphatic carbocycles. The van der Waals surface area contributed by atoms with Gasteiger partial charge >= 0.3 is 5.97 Å². The first kappa shape index (κ1) is 17.4. The van der Waals surface area contributed by atoms with Gasteiger partial charge in [-0.3, -0.25) is 0 Å². The molecule has 0 aliphatic heterocycles. The molecule has 0 saturated carbocycles. The van der Waals surface area contributed by atoms with E-state index in [1.54, 1.807) is 32.0 Å². The molecule has 0 bridgehead atoms. The van der Waals surface area contributed by atoms with Gasteiger partial charge in [-0.25, -0.2) is 13.6 Å². The molecule has 2 rings (SSSR count). The molecule has 2 aromatic rings. The first-order chi connectivity index (χ1) is 11.4. The first-order valence-corrected chi connectivity index (χ1v) is 7.29. The van der Waals surface area contributed by atoms with E-state index < -0.39 is 23.7 Å². The number of carbonyl (C=O) groups is 1. The molecule has 0 unspecified atom stereocenters. The zero-order chi connectivity index (χ0) is 17.7. The Kier molecular flexibility index (Phi) is 5.43. The number of ether oxygens (including phenoxy) is 1. The number of benzene rings is 2. The number of nitriles is 1. The summed E-state index contributed by atoms with van der Waals surface area (Å²) in [5, 5.41) is 9.44. The number of nitrogens with zero attached hydrogens (tertiary/aromatic N) is 1. The Morgan fingerprint density at radius 2 is 1.54 bits per heavy atom. The Balaban J connectivity index is 2.72. The van der Waals surface area contributed by atoms with Crippen molar-refractivity contribution >= 4 is 11.5 Å². The molecule has 0 saturated heterocycles. The molecule has 0 radical (unpaired) electrons. The van der Waals surface area contributed by atoms with E-state index in [0.717, 1.165) is 0 Å². The molecular weight excluding hydrogens is 312 g/mol. The molecule has 0 amide bonds. The van der Waals surface area contributed by atoms with E-state index in [1.807, 2.05) is 0 Å². The maximum absolute atomic E-state index is 13.6. The fourth-order valence-corrected chi connectivity index (χ4v) is 2.22. The lowest BCUT2D eigenvalue weighted by molar-refractivity contribution is -0.142. The SMILES string of the molecule is CC(C)OC(=O)C(C#N)=C(c1cccc(F)c1)c1cccc(F)c1. The van der Waals surface area contributed by atoms with Crippen LogP contribution in [0.1, 0.15) is 25.0 Å². The molecule has 2 aromatic carbocycles. The number of rotatable bonds is 4. The highest BCUT2D eigenvalue weighted by molar-refractivity contribution is 6.05. The van der Waals surface area contributed by atoms with Gasteiger partial charge in [-0.1, -0.05) is 24.3 Å². The van der Waals surface area contributed by atoms with Gasteiger partial charge in [-0.2, -0.15) is 5.26 Å². The summed E-state index contributed by atoms with van der Waals surface area (Å²) >= 11 is 0. The van der Waals surface area contributed by atoms with Gasteiger partial charge in [0.1, 0.15) is 23.3 Å². The van der Waals surface area contributed by atoms with Crippen molar-refractivity contribution in [2.24, 2.45) is 0 Å². The summed E-state index contributed by atoms with van der Waals surface area (Å²) in [6.45, 7) is 3.30. The van der Waals surface area contributed by atoms with Crippen molar-refractivity contribution in [3.63, 3.8) is 0 Å². The van der Waals surface area contributed by atoms with E-state index >= 15 is 0 Å². The van der Waals surface area contributed by atoms with Crippen molar-refractivity contribution in [2.45, 2.75) is 20.0 Å². The van der Waals surface area contributed by atoms with Crippen LogP contribution in [0.4, 0.5) is 8.78 Å². The first-order valence-electron chi connectivity index (χ1n) is 7.29. The predicted molar refractivity (Wildman–Crippen MR) is 85.7 cm³/mol. The number of hydrogen-bond acceptors (Lipinski definition) is 3. The second-order valence-electron chi connectivity index (χ2n) is 5.34. The number of halogens is 2. The number of esters is 1. The minimum atomic E-state index is -0.837. The van der Waals surface area contributed by atoms with E-state index in [9.17, 15) is 18.8 Å². The van der Waals surface area contributed by atoms with Crippen LogP contribution in [0.25, 0.3) is 5.57 Å². The van der Waals surface area contributed by atoms with Crippen molar-refractivity contribution in [2.75, 3.05) is 0 Å². The maximum Gasteiger partial charge on any atom is 0.349 e. The highest BCUT2D eigenvalue weighted by atomic mass is 19.1. The van der Waals surface area contributed by atoms with E-state index in [2.05, 4.69) is 0 Å². The van der Waals surface area contributed by atoms with E-state index in [-0.39, 0.29) is 22.3 Å². The Hall–Kier alpha value is -3.00. The van der Waals surface area contributed by atoms with Gasteiger partial charge in [0, 0.05) is 5.57 Å². The quantitative estimate of drug-likeness (QED) is 0.479. The predicted octanol–water partition coefficient (Wildman–Crippen LogP) is 4.24. The van der Waals surface area contributed by atoms with Crippen molar-refractivity contribution < 1.29 is 18.3 Å². The van der Waals surface area contributed by atoms with Crippen molar-refractivity contribution in [1.29, 1.82) is 5.26 Å². The fraction of sp³-hybridized carbons (Fsp3) is 0.158. The second-order valence-corrected chi connectivity index (χ2v) is 5.34. The average Bonchev–Trinajstić information content (AvgIpc) is 2.51. The van der Waals surface area contributed by atoms with E-state index in [0.29, 0.717) is 0 Å². The molecule has 0 heterocycles. The molecule has 0 aliphatic rings. The summed E-state index contributed by atoms with van der Waals surface area (Å²) < 4.78 is 32.3. The molecular formula is C19H15F2NO2. The summed E-state index contributed by atoms with van der Waals surface area (Å²) in [4.78, 5) is 12.3. The molecule has 0 spiro atoms. The van der Waals surface area contributed by atoms with Crippen LogP contribution < -0.4 is 0 Å². The molecule has 0 fully saturated rings. The van der Waals surface area contributed by atoms with E-state index in [4.69, 9.17) is 4.74 Å². The van der Waals surface area contributed by atoms with Gasteiger partial charge in [0.25, 0.3) is 0 Å². The van der Waals surface area contributed by atoms with Crippen molar-refractivity contribution in [3.05, 3.63) is 76.9 Å². The summed E-state index contributed by atoms with van der Waals surface area (Å²) in [5.74, 6) is -1.90. The lowest BCUT2D eigenvalue weighted by Crippen LogP contribution is -2.14. The van der Waals surface area contributed by atoms with Gasteiger partial charge in [-0.15, -0.1) is 0 Å². The van der Waals surface area contributed by atoms with Gasteiger partial charge in [0.05, 0.1) is 6.10 Å². The Morgan fingerprint density at radius 1 is 1.04 bits per heavy atom. The largest absolute Gasteiger partial charge is 0.459 e. The summed E-state index contributed by atoms with van der Waals surface area (Å²) in [6.07, 6.45) is -0.429. The number of carbonyl (C=O) groups excluding carboxylic acids is 1. The van der Waals surface area contributed by atoms with Crippen LogP contribution in [-0.2, 0) is 9.53 Å². The van der Waals surface area contributed by atoms with Crippen molar-refractivity contribution in [1.82, 2.24) is 0 Å². The third kappa shape index (κ3) is 4.05. The molecule has 0 N–H and O–H groups in total. The zero-order valence-corrected chi connectivity index (χ0v) is 13.2. The summed E-state index contributed by atoms with van der Waals surface area (Å²) in [6, 6.07) is 12.6. The van der Waals surface area contributed by atoms with Crippen LogP contribution in [0.2, 0.25) is 0 Å². The monoisotopic (exact) mass is 327 g/mol. The third-order valence-electron chi connectivity index (χ3n) is 3.14. The smallest absolute Gasteiger partial charge is 0.349 e. The fourth-order valence-electron chi connectivity index (χ4n) is 2.22. The van der Waals surface area contributed by atoms with Gasteiger partial charge in [0.15, 0.2) is 0 Å². The number of hydrogen-bond donors (Lipinski definition) is 0. The molecule has 0 atom stereocenters. The van der Waals surface area contributed by atoms with Gasteiger partial charge in [0.2, 0.25) is 0 Å². The van der Waals surface area contributed by atoms with Crippen LogP contribution in [0.5, 0.6) is 0 Å². The average molecular weight is 327 g/mol. The van der Waals surface area contributed by atoms with Crippen LogP contribution in [0.3, 0.4) is 0 Å². The molecule has 0 aromatic heterocycles. The molecule has 122 valence electrons. The minimum absolute atomic E-state index is 0.127. The Labute approximate surface area is 138 Å². The van der Waals surface area contributed by atoms with Crippen LogP contribution in [-0.4, -0.2) is 12.1 Å². The molecule has 3 nitrogen and oxygen atoms in total. The lowest BCUT2D eigenvalue weighted by atomic mass is 9.93.